The Bertz CT molecular complexity index is 459. The fourth-order valence-corrected chi connectivity index (χ4v) is 1.95. The third-order valence-electron chi connectivity index (χ3n) is 2.34. The quantitative estimate of drug-likeness (QED) is 0.845. The Morgan fingerprint density at radius 1 is 1.32 bits per heavy atom. The average molecular weight is 306 g/mol. The molecule has 0 spiro atoms. The van der Waals surface area contributed by atoms with Crippen LogP contribution in [0.2, 0.25) is 10.0 Å². The van der Waals surface area contributed by atoms with E-state index in [1.165, 1.54) is 25.3 Å². The Morgan fingerprint density at radius 3 is 2.37 bits per heavy atom. The Morgan fingerprint density at radius 2 is 1.89 bits per heavy atom. The van der Waals surface area contributed by atoms with Crippen LogP contribution in [0.4, 0.5) is 0 Å². The Labute approximate surface area is 120 Å². The van der Waals surface area contributed by atoms with E-state index in [0.29, 0.717) is 10.0 Å². The number of nitrogens with one attached hydrogen (secondary N) is 1. The van der Waals surface area contributed by atoms with Gasteiger partial charge in [-0.25, -0.2) is 4.79 Å². The van der Waals surface area contributed by atoms with Crippen LogP contribution in [0.25, 0.3) is 0 Å². The Balaban J connectivity index is 2.78. The molecule has 0 aliphatic carbocycles. The minimum atomic E-state index is -1.13. The lowest BCUT2D eigenvalue weighted by Crippen LogP contribution is -2.41. The minimum absolute atomic E-state index is 0.172. The highest BCUT2D eigenvalue weighted by Crippen LogP contribution is 2.19. The molecule has 5 nitrogen and oxygen atoms in total. The van der Waals surface area contributed by atoms with Gasteiger partial charge in [0.1, 0.15) is 6.04 Å². The molecule has 0 aliphatic heterocycles. The minimum Gasteiger partial charge on any atom is -0.480 e. The second-order valence-corrected chi connectivity index (χ2v) is 4.68. The first-order chi connectivity index (χ1) is 8.93. The normalized spacial score (nSPS) is 11.9. The Kier molecular flexibility index (Phi) is 6.08. The fourth-order valence-electron chi connectivity index (χ4n) is 1.42. The standard InChI is InChI=1S/C12H13Cl2NO4/c1-19-3-2-10(12(17)18)15-11(16)7-4-8(13)6-9(14)5-7/h4-6,10H,2-3H2,1H3,(H,15,16)(H,17,18). The van der Waals surface area contributed by atoms with Gasteiger partial charge < -0.3 is 15.2 Å². The van der Waals surface area contributed by atoms with Gasteiger partial charge in [-0.1, -0.05) is 23.2 Å². The van der Waals surface area contributed by atoms with Crippen LogP contribution in [0, 0.1) is 0 Å². The number of carbonyl (C=O) groups excluding carboxylic acids is 1. The highest BCUT2D eigenvalue weighted by Gasteiger charge is 2.20. The largest absolute Gasteiger partial charge is 0.480 e. The number of halogens is 2. The van der Waals surface area contributed by atoms with Crippen LogP contribution >= 0.6 is 23.2 Å². The number of ether oxygens (including phenoxy) is 1. The van der Waals surface area contributed by atoms with Crippen LogP contribution in [0.1, 0.15) is 16.8 Å². The number of carboxylic acid groups (broad SMARTS) is 1. The molecule has 1 unspecified atom stereocenters. The van der Waals surface area contributed by atoms with Crippen molar-refractivity contribution in [2.75, 3.05) is 13.7 Å². The van der Waals surface area contributed by atoms with Crippen LogP contribution in [0.5, 0.6) is 0 Å². The van der Waals surface area contributed by atoms with Gasteiger partial charge in [-0.05, 0) is 18.2 Å². The number of aliphatic carboxylic acids is 1. The van der Waals surface area contributed by atoms with Crippen molar-refractivity contribution in [1.29, 1.82) is 0 Å². The van der Waals surface area contributed by atoms with E-state index in [1.54, 1.807) is 0 Å². The van der Waals surface area contributed by atoms with Crippen LogP contribution in [-0.2, 0) is 9.53 Å². The summed E-state index contributed by atoms with van der Waals surface area (Å²) >= 11 is 11.6. The smallest absolute Gasteiger partial charge is 0.326 e. The molecule has 0 saturated carbocycles. The SMILES string of the molecule is COCCC(NC(=O)c1cc(Cl)cc(Cl)c1)C(=O)O. The van der Waals surface area contributed by atoms with Crippen molar-refractivity contribution in [2.24, 2.45) is 0 Å². The third-order valence-corrected chi connectivity index (χ3v) is 2.78. The molecule has 1 rings (SSSR count). The third kappa shape index (κ3) is 5.06. The summed E-state index contributed by atoms with van der Waals surface area (Å²) in [7, 11) is 1.46. The number of benzene rings is 1. The molecule has 1 aromatic rings. The fraction of sp³-hybridized carbons (Fsp3) is 0.333. The second-order valence-electron chi connectivity index (χ2n) is 3.80. The summed E-state index contributed by atoms with van der Waals surface area (Å²) in [5, 5.41) is 12.0. The van der Waals surface area contributed by atoms with Gasteiger partial charge in [-0.3, -0.25) is 4.79 Å². The molecule has 0 aromatic heterocycles. The van der Waals surface area contributed by atoms with Crippen molar-refractivity contribution >= 4 is 35.1 Å². The summed E-state index contributed by atoms with van der Waals surface area (Å²) in [5.41, 5.74) is 0.209. The summed E-state index contributed by atoms with van der Waals surface area (Å²) in [6.07, 6.45) is 0.172. The molecule has 7 heteroatoms. The number of hydrogen-bond donors (Lipinski definition) is 2. The van der Waals surface area contributed by atoms with Crippen molar-refractivity contribution in [3.05, 3.63) is 33.8 Å². The number of carbonyl (C=O) groups is 2. The first-order valence-corrected chi connectivity index (χ1v) is 6.18. The molecule has 2 N–H and O–H groups in total. The lowest BCUT2D eigenvalue weighted by molar-refractivity contribution is -0.139. The van der Waals surface area contributed by atoms with Gasteiger partial charge in [0.05, 0.1) is 0 Å². The van der Waals surface area contributed by atoms with Crippen molar-refractivity contribution in [3.8, 4) is 0 Å². The molecule has 0 saturated heterocycles. The molecule has 1 aromatic carbocycles. The topological polar surface area (TPSA) is 75.6 Å². The molecular formula is C12H13Cl2NO4. The predicted octanol–water partition coefficient (Wildman–Crippen LogP) is 2.21. The maximum absolute atomic E-state index is 11.9. The van der Waals surface area contributed by atoms with E-state index in [2.05, 4.69) is 5.32 Å². The van der Waals surface area contributed by atoms with Crippen LogP contribution in [0.3, 0.4) is 0 Å². The van der Waals surface area contributed by atoms with Crippen molar-refractivity contribution in [1.82, 2.24) is 5.32 Å². The summed E-state index contributed by atoms with van der Waals surface area (Å²) in [4.78, 5) is 22.9. The average Bonchev–Trinajstić information content (AvgIpc) is 2.32. The summed E-state index contributed by atoms with van der Waals surface area (Å²) in [6, 6.07) is 3.29. The second kappa shape index (κ2) is 7.33. The van der Waals surface area contributed by atoms with Crippen LogP contribution in [0.15, 0.2) is 18.2 Å². The van der Waals surface area contributed by atoms with Crippen molar-refractivity contribution in [3.63, 3.8) is 0 Å². The molecule has 0 aliphatic rings. The Hall–Kier alpha value is -1.30. The highest BCUT2D eigenvalue weighted by atomic mass is 35.5. The van der Waals surface area contributed by atoms with E-state index in [1.807, 2.05) is 0 Å². The van der Waals surface area contributed by atoms with Gasteiger partial charge in [0.15, 0.2) is 0 Å². The van der Waals surface area contributed by atoms with Crippen molar-refractivity contribution in [2.45, 2.75) is 12.5 Å². The van der Waals surface area contributed by atoms with E-state index in [4.69, 9.17) is 33.0 Å². The number of amides is 1. The zero-order valence-electron chi connectivity index (χ0n) is 10.2. The molecular weight excluding hydrogens is 293 g/mol. The maximum Gasteiger partial charge on any atom is 0.326 e. The predicted molar refractivity (Wildman–Crippen MR) is 71.8 cm³/mol. The van der Waals surface area contributed by atoms with Crippen molar-refractivity contribution < 1.29 is 19.4 Å². The van der Waals surface area contributed by atoms with Gasteiger partial charge in [0.2, 0.25) is 0 Å². The monoisotopic (exact) mass is 305 g/mol. The van der Waals surface area contributed by atoms with E-state index >= 15 is 0 Å². The van der Waals surface area contributed by atoms with E-state index in [0.717, 1.165) is 0 Å². The van der Waals surface area contributed by atoms with Gasteiger partial charge in [0, 0.05) is 35.7 Å². The molecule has 0 heterocycles. The molecule has 19 heavy (non-hydrogen) atoms. The number of carboxylic acids is 1. The van der Waals surface area contributed by atoms with Crippen LogP contribution < -0.4 is 5.32 Å². The number of methoxy groups -OCH3 is 1. The van der Waals surface area contributed by atoms with Gasteiger partial charge >= 0.3 is 5.97 Å². The zero-order chi connectivity index (χ0) is 14.4. The molecule has 1 atom stereocenters. The maximum atomic E-state index is 11.9. The van der Waals surface area contributed by atoms with E-state index < -0.39 is 17.9 Å². The first kappa shape index (κ1) is 15.8. The van der Waals surface area contributed by atoms with Gasteiger partial charge in [-0.2, -0.15) is 0 Å². The lowest BCUT2D eigenvalue weighted by Gasteiger charge is -2.14. The molecule has 0 radical (unpaired) electrons. The first-order valence-electron chi connectivity index (χ1n) is 5.42. The molecule has 0 fully saturated rings. The summed E-state index contributed by atoms with van der Waals surface area (Å²) in [6.45, 7) is 0.230. The molecule has 0 bridgehead atoms. The summed E-state index contributed by atoms with van der Waals surface area (Å²) in [5.74, 6) is -1.67. The number of hydrogen-bond acceptors (Lipinski definition) is 3. The van der Waals surface area contributed by atoms with Gasteiger partial charge in [0.25, 0.3) is 5.91 Å². The molecule has 104 valence electrons. The molecule has 1 amide bonds. The zero-order valence-corrected chi connectivity index (χ0v) is 11.7. The number of rotatable bonds is 6. The van der Waals surface area contributed by atoms with E-state index in [9.17, 15) is 9.59 Å². The van der Waals surface area contributed by atoms with E-state index in [-0.39, 0.29) is 18.6 Å². The van der Waals surface area contributed by atoms with Crippen LogP contribution in [-0.4, -0.2) is 36.7 Å². The lowest BCUT2D eigenvalue weighted by atomic mass is 10.1. The summed E-state index contributed by atoms with van der Waals surface area (Å²) < 4.78 is 4.79. The van der Waals surface area contributed by atoms with Gasteiger partial charge in [-0.15, -0.1) is 0 Å². The highest BCUT2D eigenvalue weighted by molar-refractivity contribution is 6.35.